The van der Waals surface area contributed by atoms with Crippen molar-refractivity contribution in [3.63, 3.8) is 0 Å². The second kappa shape index (κ2) is 8.06. The molecule has 174 valence electrons. The molecule has 0 spiro atoms. The Bertz CT molecular complexity index is 1360. The van der Waals surface area contributed by atoms with Crippen LogP contribution in [0.5, 0.6) is 0 Å². The number of amides is 1. The molecule has 3 aromatic rings. The number of carbonyl (C=O) groups excluding carboxylic acids is 2. The molecule has 1 aromatic heterocycles. The molecule has 2 aromatic carbocycles. The van der Waals surface area contributed by atoms with Crippen LogP contribution in [0, 0.1) is 17.8 Å². The first-order chi connectivity index (χ1) is 15.9. The molecule has 34 heavy (non-hydrogen) atoms. The van der Waals surface area contributed by atoms with Gasteiger partial charge in [0.1, 0.15) is 0 Å². The molecular weight excluding hydrogens is 445 g/mol. The fraction of sp³-hybridized carbons (Fsp3) is 0.240. The van der Waals surface area contributed by atoms with Crippen LogP contribution in [-0.2, 0) is 12.6 Å². The van der Waals surface area contributed by atoms with Gasteiger partial charge in [-0.3, -0.25) is 9.59 Å². The second-order valence-electron chi connectivity index (χ2n) is 8.97. The lowest BCUT2D eigenvalue weighted by molar-refractivity contribution is -0.141. The number of nitrogens with two attached hydrogens (primary N) is 1. The summed E-state index contributed by atoms with van der Waals surface area (Å²) in [6.07, 6.45) is 0.865. The summed E-state index contributed by atoms with van der Waals surface area (Å²) in [6.45, 7) is 3.64. The van der Waals surface area contributed by atoms with Gasteiger partial charge in [0.15, 0.2) is 11.5 Å². The zero-order valence-electron chi connectivity index (χ0n) is 18.5. The van der Waals surface area contributed by atoms with Crippen molar-refractivity contribution in [2.75, 3.05) is 5.32 Å². The summed E-state index contributed by atoms with van der Waals surface area (Å²) < 4.78 is 42.4. The molecule has 1 amide bonds. The van der Waals surface area contributed by atoms with Gasteiger partial charge in [-0.05, 0) is 48.2 Å². The molecule has 0 unspecified atom stereocenters. The average molecular weight is 466 g/mol. The van der Waals surface area contributed by atoms with Crippen molar-refractivity contribution in [2.45, 2.75) is 32.9 Å². The van der Waals surface area contributed by atoms with Crippen molar-refractivity contribution < 1.29 is 22.8 Å². The number of carbonyl (C=O) groups is 2. The van der Waals surface area contributed by atoms with Crippen LogP contribution in [0.4, 0.5) is 24.5 Å². The van der Waals surface area contributed by atoms with E-state index in [0.717, 1.165) is 4.68 Å². The SMILES string of the molecule is C#Cc1cccc(Nc2cc(-n3nc(C(F)(F)F)c4c3CC(C)(C)CC4=O)ccc2C(N)=O)c1. The largest absolute Gasteiger partial charge is 0.435 e. The normalized spacial score (nSPS) is 14.9. The Morgan fingerprint density at radius 1 is 1.21 bits per heavy atom. The Kier molecular flexibility index (Phi) is 5.48. The lowest BCUT2D eigenvalue weighted by Gasteiger charge is -2.29. The van der Waals surface area contributed by atoms with Crippen LogP contribution in [0.3, 0.4) is 0 Å². The lowest BCUT2D eigenvalue weighted by Crippen LogP contribution is -2.29. The Morgan fingerprint density at radius 3 is 2.59 bits per heavy atom. The van der Waals surface area contributed by atoms with E-state index in [2.05, 4.69) is 16.3 Å². The number of nitrogens with zero attached hydrogens (tertiary/aromatic N) is 2. The van der Waals surface area contributed by atoms with Crippen molar-refractivity contribution in [3.05, 3.63) is 70.5 Å². The van der Waals surface area contributed by atoms with Crippen molar-refractivity contribution in [1.29, 1.82) is 0 Å². The molecule has 0 aliphatic heterocycles. The highest BCUT2D eigenvalue weighted by Gasteiger charge is 2.45. The summed E-state index contributed by atoms with van der Waals surface area (Å²) in [4.78, 5) is 24.7. The number of anilines is 2. The van der Waals surface area contributed by atoms with E-state index in [1.165, 1.54) is 18.2 Å². The van der Waals surface area contributed by atoms with Gasteiger partial charge in [0, 0.05) is 17.7 Å². The number of hydrogen-bond donors (Lipinski definition) is 2. The van der Waals surface area contributed by atoms with E-state index in [9.17, 15) is 22.8 Å². The fourth-order valence-corrected chi connectivity index (χ4v) is 4.18. The first kappa shape index (κ1) is 23.1. The first-order valence-electron chi connectivity index (χ1n) is 10.4. The molecular formula is C25H21F3N4O2. The topological polar surface area (TPSA) is 90.0 Å². The van der Waals surface area contributed by atoms with Gasteiger partial charge < -0.3 is 11.1 Å². The summed E-state index contributed by atoms with van der Waals surface area (Å²) in [7, 11) is 0. The minimum atomic E-state index is -4.80. The number of nitrogens with one attached hydrogen (secondary N) is 1. The number of primary amides is 1. The maximum atomic E-state index is 13.8. The van der Waals surface area contributed by atoms with Gasteiger partial charge in [0.2, 0.25) is 0 Å². The van der Waals surface area contributed by atoms with Crippen LogP contribution in [0.1, 0.15) is 57.9 Å². The molecule has 1 aliphatic rings. The molecule has 0 bridgehead atoms. The summed E-state index contributed by atoms with van der Waals surface area (Å²) in [5.41, 5.74) is 5.34. The standard InChI is InChI=1S/C25H21F3N4O2/c1-4-14-6-5-7-15(10-14)30-18-11-16(8-9-17(18)23(29)34)32-19-12-24(2,3)13-20(33)21(19)22(31-32)25(26,27)28/h1,5-11,30H,12-13H2,2-3H3,(H2,29,34). The first-order valence-corrected chi connectivity index (χ1v) is 10.4. The summed E-state index contributed by atoms with van der Waals surface area (Å²) in [6, 6.07) is 11.2. The van der Waals surface area contributed by atoms with Gasteiger partial charge in [0.25, 0.3) is 5.91 Å². The summed E-state index contributed by atoms with van der Waals surface area (Å²) in [5, 5.41) is 6.85. The number of fused-ring (bicyclic) bond motifs is 1. The number of halogens is 3. The van der Waals surface area contributed by atoms with Gasteiger partial charge >= 0.3 is 6.18 Å². The Morgan fingerprint density at radius 2 is 1.94 bits per heavy atom. The highest BCUT2D eigenvalue weighted by molar-refractivity contribution is 6.01. The summed E-state index contributed by atoms with van der Waals surface area (Å²) >= 11 is 0. The fourth-order valence-electron chi connectivity index (χ4n) is 4.18. The van der Waals surface area contributed by atoms with Crippen LogP contribution in [-0.4, -0.2) is 21.5 Å². The molecule has 9 heteroatoms. The van der Waals surface area contributed by atoms with Gasteiger partial charge in [-0.15, -0.1) is 6.42 Å². The van der Waals surface area contributed by atoms with E-state index in [-0.39, 0.29) is 35.5 Å². The number of hydrogen-bond acceptors (Lipinski definition) is 4. The van der Waals surface area contributed by atoms with Crippen LogP contribution >= 0.6 is 0 Å². The highest BCUT2D eigenvalue weighted by Crippen LogP contribution is 2.42. The van der Waals surface area contributed by atoms with E-state index >= 15 is 0 Å². The molecule has 0 saturated carbocycles. The third-order valence-electron chi connectivity index (χ3n) is 5.63. The predicted molar refractivity (Wildman–Crippen MR) is 121 cm³/mol. The molecule has 0 atom stereocenters. The zero-order valence-corrected chi connectivity index (χ0v) is 18.5. The van der Waals surface area contributed by atoms with Crippen LogP contribution in [0.2, 0.25) is 0 Å². The van der Waals surface area contributed by atoms with E-state index in [1.807, 2.05) is 13.8 Å². The number of Topliss-reactive ketones (excluding diaryl/α,β-unsaturated/α-hetero) is 1. The number of terminal acetylenes is 1. The molecule has 1 aliphatic carbocycles. The minimum Gasteiger partial charge on any atom is -0.366 e. The molecule has 0 fully saturated rings. The van der Waals surface area contributed by atoms with Crippen molar-refractivity contribution in [3.8, 4) is 18.0 Å². The Balaban J connectivity index is 1.89. The van der Waals surface area contributed by atoms with Gasteiger partial charge in [0.05, 0.1) is 28.2 Å². The average Bonchev–Trinajstić information content (AvgIpc) is 3.12. The molecule has 1 heterocycles. The Labute approximate surface area is 194 Å². The van der Waals surface area contributed by atoms with Crippen molar-refractivity contribution in [2.24, 2.45) is 11.1 Å². The van der Waals surface area contributed by atoms with Crippen LogP contribution in [0.15, 0.2) is 42.5 Å². The number of rotatable bonds is 4. The van der Waals surface area contributed by atoms with Crippen LogP contribution in [0.25, 0.3) is 5.69 Å². The van der Waals surface area contributed by atoms with Crippen molar-refractivity contribution >= 4 is 23.1 Å². The van der Waals surface area contributed by atoms with E-state index in [1.54, 1.807) is 24.3 Å². The van der Waals surface area contributed by atoms with E-state index in [4.69, 9.17) is 12.2 Å². The summed E-state index contributed by atoms with van der Waals surface area (Å²) in [5.74, 6) is 1.19. The van der Waals surface area contributed by atoms with E-state index < -0.39 is 34.5 Å². The van der Waals surface area contributed by atoms with Gasteiger partial charge in [-0.2, -0.15) is 18.3 Å². The molecule has 0 saturated heterocycles. The highest BCUT2D eigenvalue weighted by atomic mass is 19.4. The molecule has 0 radical (unpaired) electrons. The predicted octanol–water partition coefficient (Wildman–Crippen LogP) is 4.87. The van der Waals surface area contributed by atoms with Crippen LogP contribution < -0.4 is 11.1 Å². The van der Waals surface area contributed by atoms with E-state index in [0.29, 0.717) is 11.3 Å². The lowest BCUT2D eigenvalue weighted by atomic mass is 9.75. The quantitative estimate of drug-likeness (QED) is 0.537. The molecule has 3 N–H and O–H groups in total. The third-order valence-corrected chi connectivity index (χ3v) is 5.63. The number of benzene rings is 2. The maximum absolute atomic E-state index is 13.8. The smallest absolute Gasteiger partial charge is 0.366 e. The number of ketones is 1. The Hall–Kier alpha value is -4.06. The molecule has 6 nitrogen and oxygen atoms in total. The maximum Gasteiger partial charge on any atom is 0.435 e. The number of aromatic nitrogens is 2. The minimum absolute atomic E-state index is 0.00624. The number of alkyl halides is 3. The zero-order chi connectivity index (χ0) is 24.8. The van der Waals surface area contributed by atoms with Gasteiger partial charge in [-0.25, -0.2) is 4.68 Å². The second-order valence-corrected chi connectivity index (χ2v) is 8.97. The monoisotopic (exact) mass is 466 g/mol. The van der Waals surface area contributed by atoms with Gasteiger partial charge in [-0.1, -0.05) is 25.8 Å². The molecule has 4 rings (SSSR count). The third kappa shape index (κ3) is 4.27. The van der Waals surface area contributed by atoms with Crippen molar-refractivity contribution in [1.82, 2.24) is 9.78 Å².